The van der Waals surface area contributed by atoms with Crippen LogP contribution in [-0.2, 0) is 14.2 Å². The van der Waals surface area contributed by atoms with Crippen LogP contribution in [0.1, 0.15) is 33.4 Å². The second-order valence-electron chi connectivity index (χ2n) is 7.46. The molecule has 9 nitrogen and oxygen atoms in total. The number of ether oxygens (including phenoxy) is 3. The lowest BCUT2D eigenvalue weighted by Crippen LogP contribution is -2.32. The van der Waals surface area contributed by atoms with E-state index >= 15 is 0 Å². The lowest BCUT2D eigenvalue weighted by Gasteiger charge is -2.19. The van der Waals surface area contributed by atoms with E-state index in [2.05, 4.69) is 4.98 Å². The quantitative estimate of drug-likeness (QED) is 0.506. The Labute approximate surface area is 204 Å². The van der Waals surface area contributed by atoms with E-state index in [9.17, 15) is 14.4 Å². The maximum Gasteiger partial charge on any atom is 0.351 e. The van der Waals surface area contributed by atoms with Crippen LogP contribution in [0.3, 0.4) is 0 Å². The first-order valence-electron chi connectivity index (χ1n) is 10.2. The second kappa shape index (κ2) is 10.3. The first-order valence-corrected chi connectivity index (χ1v) is 10.9. The molecule has 1 aliphatic rings. The van der Waals surface area contributed by atoms with Crippen LogP contribution < -0.4 is 11.4 Å². The zero-order valence-electron chi connectivity index (χ0n) is 17.6. The summed E-state index contributed by atoms with van der Waals surface area (Å²) in [5.74, 6) is -1.14. The Morgan fingerprint density at radius 1 is 1.00 bits per heavy atom. The fourth-order valence-corrected chi connectivity index (χ4v) is 3.66. The number of aromatic nitrogens is 2. The van der Waals surface area contributed by atoms with Crippen LogP contribution in [0.2, 0.25) is 10.0 Å². The van der Waals surface area contributed by atoms with Gasteiger partial charge in [-0.15, -0.1) is 0 Å². The molecule has 0 spiro atoms. The van der Waals surface area contributed by atoms with Gasteiger partial charge in [0.1, 0.15) is 30.9 Å². The Bertz CT molecular complexity index is 1250. The molecule has 3 atom stereocenters. The summed E-state index contributed by atoms with van der Waals surface area (Å²) in [6, 6.07) is 13.8. The predicted molar refractivity (Wildman–Crippen MR) is 124 cm³/mol. The summed E-state index contributed by atoms with van der Waals surface area (Å²) < 4.78 is 18.2. The molecule has 0 radical (unpaired) electrons. The fourth-order valence-electron chi connectivity index (χ4n) is 3.41. The smallest absolute Gasteiger partial charge is 0.351 e. The van der Waals surface area contributed by atoms with E-state index in [0.29, 0.717) is 15.6 Å². The van der Waals surface area contributed by atoms with E-state index < -0.39 is 36.1 Å². The van der Waals surface area contributed by atoms with Crippen molar-refractivity contribution in [2.24, 2.45) is 0 Å². The number of hydrogen-bond acceptors (Lipinski definition) is 8. The molecule has 4 rings (SSSR count). The molecule has 2 N–H and O–H groups in total. The van der Waals surface area contributed by atoms with E-state index in [1.54, 1.807) is 24.3 Å². The summed E-state index contributed by atoms with van der Waals surface area (Å²) >= 11 is 11.7. The number of nitrogen functional groups attached to an aromatic ring is 1. The summed E-state index contributed by atoms with van der Waals surface area (Å²) in [7, 11) is 0. The van der Waals surface area contributed by atoms with Crippen molar-refractivity contribution in [1.82, 2.24) is 9.55 Å². The average Bonchev–Trinajstić information content (AvgIpc) is 3.20. The van der Waals surface area contributed by atoms with E-state index in [1.807, 2.05) is 0 Å². The Kier molecular flexibility index (Phi) is 7.16. The predicted octanol–water partition coefficient (Wildman–Crippen LogP) is 3.50. The normalized spacial score (nSPS) is 19.5. The largest absolute Gasteiger partial charge is 0.459 e. The van der Waals surface area contributed by atoms with Gasteiger partial charge in [0.05, 0.1) is 11.1 Å². The zero-order valence-corrected chi connectivity index (χ0v) is 19.1. The molecule has 11 heteroatoms. The fraction of sp³-hybridized carbons (Fsp3) is 0.217. The van der Waals surface area contributed by atoms with E-state index in [1.165, 1.54) is 41.1 Å². The molecule has 34 heavy (non-hydrogen) atoms. The van der Waals surface area contributed by atoms with E-state index in [4.69, 9.17) is 43.1 Å². The second-order valence-corrected chi connectivity index (χ2v) is 8.34. The highest BCUT2D eigenvalue weighted by Gasteiger charge is 2.40. The molecule has 2 aromatic carbocycles. The van der Waals surface area contributed by atoms with Gasteiger partial charge in [-0.05, 0) is 54.6 Å². The van der Waals surface area contributed by atoms with Crippen LogP contribution in [-0.4, -0.2) is 40.3 Å². The van der Waals surface area contributed by atoms with Gasteiger partial charge in [-0.1, -0.05) is 23.2 Å². The molecule has 3 aromatic rings. The number of carbonyl (C=O) groups excluding carboxylic acids is 2. The monoisotopic (exact) mass is 503 g/mol. The molecule has 0 unspecified atom stereocenters. The molecule has 1 aliphatic heterocycles. The number of benzene rings is 2. The van der Waals surface area contributed by atoms with Crippen molar-refractivity contribution in [3.63, 3.8) is 0 Å². The highest BCUT2D eigenvalue weighted by molar-refractivity contribution is 6.31. The Balaban J connectivity index is 1.50. The van der Waals surface area contributed by atoms with Crippen molar-refractivity contribution >= 4 is 41.0 Å². The van der Waals surface area contributed by atoms with Gasteiger partial charge in [-0.3, -0.25) is 4.57 Å². The molecule has 1 aromatic heterocycles. The molecule has 0 saturated carbocycles. The van der Waals surface area contributed by atoms with Crippen molar-refractivity contribution in [2.45, 2.75) is 24.9 Å². The minimum atomic E-state index is -0.832. The third-order valence-electron chi connectivity index (χ3n) is 5.14. The SMILES string of the molecule is Nc1ccn([C@H]2C[C@@H](OC(=O)c3ccc(Cl)cc3)[C@@H](COC(=O)c3ccc(Cl)cc3)O2)c(=O)n1. The van der Waals surface area contributed by atoms with Crippen molar-refractivity contribution in [1.29, 1.82) is 0 Å². The van der Waals surface area contributed by atoms with Gasteiger partial charge in [-0.25, -0.2) is 14.4 Å². The lowest BCUT2D eigenvalue weighted by molar-refractivity contribution is -0.0582. The number of anilines is 1. The number of nitrogens with two attached hydrogens (primary N) is 1. The molecule has 1 saturated heterocycles. The van der Waals surface area contributed by atoms with Gasteiger partial charge in [-0.2, -0.15) is 4.98 Å². The molecule has 0 amide bonds. The first kappa shape index (κ1) is 23.7. The summed E-state index contributed by atoms with van der Waals surface area (Å²) in [4.78, 5) is 41.0. The summed E-state index contributed by atoms with van der Waals surface area (Å²) in [5, 5.41) is 0.957. The summed E-state index contributed by atoms with van der Waals surface area (Å²) in [6.07, 6.45) is -0.871. The number of nitrogens with zero attached hydrogens (tertiary/aromatic N) is 2. The van der Waals surface area contributed by atoms with Crippen LogP contribution >= 0.6 is 23.2 Å². The standard InChI is InChI=1S/C23H19Cl2N3O6/c24-15-5-1-13(2-6-15)21(29)32-12-18-17(34-22(30)14-3-7-16(25)8-4-14)11-20(33-18)28-10-9-19(26)27-23(28)31/h1-10,17-18,20H,11-12H2,(H2,26,27,31)/t17-,18-,20-/m1/s1. The highest BCUT2D eigenvalue weighted by Crippen LogP contribution is 2.31. The third kappa shape index (κ3) is 5.56. The van der Waals surface area contributed by atoms with E-state index in [-0.39, 0.29) is 24.4 Å². The van der Waals surface area contributed by atoms with Gasteiger partial charge in [0, 0.05) is 22.7 Å². The maximum absolute atomic E-state index is 12.7. The molecule has 1 fully saturated rings. The van der Waals surface area contributed by atoms with Crippen molar-refractivity contribution in [3.05, 3.63) is 92.5 Å². The molecule has 0 aliphatic carbocycles. The first-order chi connectivity index (χ1) is 16.3. The van der Waals surface area contributed by atoms with Crippen LogP contribution in [0.4, 0.5) is 5.82 Å². The van der Waals surface area contributed by atoms with Gasteiger partial charge in [0.2, 0.25) is 0 Å². The topological polar surface area (TPSA) is 123 Å². The summed E-state index contributed by atoms with van der Waals surface area (Å²) in [6.45, 7) is -0.215. The Morgan fingerprint density at radius 3 is 2.18 bits per heavy atom. The molecule has 2 heterocycles. The zero-order chi connectivity index (χ0) is 24.2. The van der Waals surface area contributed by atoms with Crippen LogP contribution in [0.5, 0.6) is 0 Å². The van der Waals surface area contributed by atoms with Gasteiger partial charge >= 0.3 is 17.6 Å². The van der Waals surface area contributed by atoms with Crippen molar-refractivity contribution in [3.8, 4) is 0 Å². The van der Waals surface area contributed by atoms with Crippen LogP contribution in [0, 0.1) is 0 Å². The number of hydrogen-bond donors (Lipinski definition) is 1. The van der Waals surface area contributed by atoms with Gasteiger partial charge in [0.15, 0.2) is 0 Å². The minimum absolute atomic E-state index is 0.0680. The van der Waals surface area contributed by atoms with Crippen LogP contribution in [0.15, 0.2) is 65.6 Å². The molecular weight excluding hydrogens is 485 g/mol. The van der Waals surface area contributed by atoms with Crippen molar-refractivity contribution in [2.75, 3.05) is 12.3 Å². The maximum atomic E-state index is 12.7. The average molecular weight is 504 g/mol. The number of carbonyl (C=O) groups is 2. The Hall–Kier alpha value is -3.40. The van der Waals surface area contributed by atoms with Gasteiger partial charge in [0.25, 0.3) is 0 Å². The lowest BCUT2D eigenvalue weighted by atomic mass is 10.1. The number of rotatable bonds is 6. The van der Waals surface area contributed by atoms with Crippen molar-refractivity contribution < 1.29 is 23.8 Å². The summed E-state index contributed by atoms with van der Waals surface area (Å²) in [5.41, 5.74) is 5.53. The molecule has 0 bridgehead atoms. The minimum Gasteiger partial charge on any atom is -0.459 e. The third-order valence-corrected chi connectivity index (χ3v) is 5.64. The molecule has 176 valence electrons. The highest BCUT2D eigenvalue weighted by atomic mass is 35.5. The number of esters is 2. The Morgan fingerprint density at radius 2 is 1.59 bits per heavy atom. The number of halogens is 2. The van der Waals surface area contributed by atoms with E-state index in [0.717, 1.165) is 0 Å². The molecular formula is C23H19Cl2N3O6. The van der Waals surface area contributed by atoms with Gasteiger partial charge < -0.3 is 19.9 Å². The van der Waals surface area contributed by atoms with Crippen LogP contribution in [0.25, 0.3) is 0 Å².